The normalized spacial score (nSPS) is 22.4. The van der Waals surface area contributed by atoms with Gasteiger partial charge in [-0.1, -0.05) is 20.8 Å². The Kier molecular flexibility index (Phi) is 5.43. The number of rotatable bonds is 5. The van der Waals surface area contributed by atoms with Gasteiger partial charge in [0, 0.05) is 31.1 Å². The molecule has 2 rings (SSSR count). The Balaban J connectivity index is 2.32. The second-order valence-corrected chi connectivity index (χ2v) is 6.39. The SMILES string of the molecule is CCCNc1nc(CC)nc(N2CCC(C)CC2C)c1C. The van der Waals surface area contributed by atoms with Gasteiger partial charge in [0.15, 0.2) is 0 Å². The van der Waals surface area contributed by atoms with Crippen molar-refractivity contribution >= 4 is 11.6 Å². The van der Waals surface area contributed by atoms with E-state index in [9.17, 15) is 0 Å². The predicted molar refractivity (Wildman–Crippen MR) is 90.1 cm³/mol. The Morgan fingerprint density at radius 2 is 2.00 bits per heavy atom. The average Bonchev–Trinajstić information content (AvgIpc) is 2.47. The van der Waals surface area contributed by atoms with E-state index in [1.54, 1.807) is 0 Å². The fraction of sp³-hybridized carbons (Fsp3) is 0.765. The lowest BCUT2D eigenvalue weighted by atomic mass is 9.93. The van der Waals surface area contributed by atoms with Crippen molar-refractivity contribution in [2.45, 2.75) is 66.3 Å². The number of aryl methyl sites for hydroxylation is 1. The summed E-state index contributed by atoms with van der Waals surface area (Å²) in [6.45, 7) is 13.2. The van der Waals surface area contributed by atoms with E-state index in [1.165, 1.54) is 18.4 Å². The molecule has 1 saturated heterocycles. The minimum Gasteiger partial charge on any atom is -0.370 e. The molecule has 0 bridgehead atoms. The van der Waals surface area contributed by atoms with Crippen LogP contribution in [0.1, 0.15) is 58.3 Å². The zero-order chi connectivity index (χ0) is 15.4. The molecule has 0 spiro atoms. The molecule has 1 fully saturated rings. The van der Waals surface area contributed by atoms with E-state index in [1.807, 2.05) is 0 Å². The summed E-state index contributed by atoms with van der Waals surface area (Å²) in [5, 5.41) is 3.46. The van der Waals surface area contributed by atoms with Crippen LogP contribution in [-0.4, -0.2) is 29.1 Å². The molecule has 0 aliphatic carbocycles. The third-order valence-electron chi connectivity index (χ3n) is 4.44. The molecule has 1 N–H and O–H groups in total. The van der Waals surface area contributed by atoms with Crippen molar-refractivity contribution in [3.05, 3.63) is 11.4 Å². The summed E-state index contributed by atoms with van der Waals surface area (Å²) in [5.74, 6) is 3.92. The summed E-state index contributed by atoms with van der Waals surface area (Å²) in [6.07, 6.45) is 4.50. The minimum atomic E-state index is 0.561. The van der Waals surface area contributed by atoms with E-state index in [0.29, 0.717) is 6.04 Å². The van der Waals surface area contributed by atoms with Crippen LogP contribution in [0.25, 0.3) is 0 Å². The maximum atomic E-state index is 4.83. The van der Waals surface area contributed by atoms with Gasteiger partial charge in [0.25, 0.3) is 0 Å². The third kappa shape index (κ3) is 3.66. The topological polar surface area (TPSA) is 41.1 Å². The van der Waals surface area contributed by atoms with Crippen LogP contribution in [0.3, 0.4) is 0 Å². The zero-order valence-electron chi connectivity index (χ0n) is 14.2. The first-order valence-electron chi connectivity index (χ1n) is 8.44. The third-order valence-corrected chi connectivity index (χ3v) is 4.44. The summed E-state index contributed by atoms with van der Waals surface area (Å²) >= 11 is 0. The van der Waals surface area contributed by atoms with Crippen molar-refractivity contribution < 1.29 is 0 Å². The molecular formula is C17H30N4. The molecule has 4 nitrogen and oxygen atoms in total. The Morgan fingerprint density at radius 3 is 2.62 bits per heavy atom. The van der Waals surface area contributed by atoms with Crippen LogP contribution >= 0.6 is 0 Å². The fourth-order valence-electron chi connectivity index (χ4n) is 3.13. The Bertz CT molecular complexity index is 472. The highest BCUT2D eigenvalue weighted by Gasteiger charge is 2.26. The second-order valence-electron chi connectivity index (χ2n) is 6.39. The van der Waals surface area contributed by atoms with Crippen LogP contribution in [0.2, 0.25) is 0 Å². The number of nitrogens with zero attached hydrogens (tertiary/aromatic N) is 3. The number of nitrogens with one attached hydrogen (secondary N) is 1. The summed E-state index contributed by atoms with van der Waals surface area (Å²) in [6, 6.07) is 0.561. The minimum absolute atomic E-state index is 0.561. The summed E-state index contributed by atoms with van der Waals surface area (Å²) in [5.41, 5.74) is 1.20. The van der Waals surface area contributed by atoms with Crippen molar-refractivity contribution in [1.29, 1.82) is 0 Å². The highest BCUT2D eigenvalue weighted by atomic mass is 15.2. The van der Waals surface area contributed by atoms with Gasteiger partial charge in [0.1, 0.15) is 17.5 Å². The van der Waals surface area contributed by atoms with Gasteiger partial charge in [-0.05, 0) is 39.0 Å². The van der Waals surface area contributed by atoms with E-state index in [4.69, 9.17) is 4.98 Å². The molecule has 1 aromatic heterocycles. The lowest BCUT2D eigenvalue weighted by Gasteiger charge is -2.38. The maximum absolute atomic E-state index is 4.83. The highest BCUT2D eigenvalue weighted by Crippen LogP contribution is 2.31. The monoisotopic (exact) mass is 290 g/mol. The van der Waals surface area contributed by atoms with Gasteiger partial charge in [-0.25, -0.2) is 9.97 Å². The largest absolute Gasteiger partial charge is 0.370 e. The zero-order valence-corrected chi connectivity index (χ0v) is 14.2. The van der Waals surface area contributed by atoms with Crippen molar-refractivity contribution in [2.75, 3.05) is 23.3 Å². The molecule has 21 heavy (non-hydrogen) atoms. The van der Waals surface area contributed by atoms with Gasteiger partial charge in [0.05, 0.1) is 0 Å². The van der Waals surface area contributed by atoms with Crippen molar-refractivity contribution in [2.24, 2.45) is 5.92 Å². The van der Waals surface area contributed by atoms with Gasteiger partial charge in [-0.2, -0.15) is 0 Å². The van der Waals surface area contributed by atoms with E-state index in [2.05, 4.69) is 49.8 Å². The van der Waals surface area contributed by atoms with E-state index in [0.717, 1.165) is 49.3 Å². The van der Waals surface area contributed by atoms with Crippen LogP contribution in [0.15, 0.2) is 0 Å². The van der Waals surface area contributed by atoms with Crippen molar-refractivity contribution in [3.8, 4) is 0 Å². The molecule has 2 atom stereocenters. The molecule has 2 heterocycles. The van der Waals surface area contributed by atoms with Gasteiger partial charge >= 0.3 is 0 Å². The standard InChI is InChI=1S/C17H30N4/c1-6-9-18-16-14(5)17(20-15(7-2)19-16)21-10-8-12(3)11-13(21)4/h12-13H,6-11H2,1-5H3,(H,18,19,20). The molecule has 1 aromatic rings. The van der Waals surface area contributed by atoms with E-state index >= 15 is 0 Å². The molecule has 118 valence electrons. The lowest BCUT2D eigenvalue weighted by molar-refractivity contribution is 0.375. The van der Waals surface area contributed by atoms with Crippen LogP contribution in [0, 0.1) is 12.8 Å². The van der Waals surface area contributed by atoms with Crippen LogP contribution < -0.4 is 10.2 Å². The highest BCUT2D eigenvalue weighted by molar-refractivity contribution is 5.59. The molecule has 2 unspecified atom stereocenters. The molecule has 0 amide bonds. The number of anilines is 2. The number of aromatic nitrogens is 2. The van der Waals surface area contributed by atoms with Crippen molar-refractivity contribution in [1.82, 2.24) is 9.97 Å². The van der Waals surface area contributed by atoms with Gasteiger partial charge in [-0.15, -0.1) is 0 Å². The molecular weight excluding hydrogens is 260 g/mol. The van der Waals surface area contributed by atoms with Crippen LogP contribution in [0.5, 0.6) is 0 Å². The lowest BCUT2D eigenvalue weighted by Crippen LogP contribution is -2.41. The first-order valence-corrected chi connectivity index (χ1v) is 8.44. The molecule has 1 aliphatic heterocycles. The van der Waals surface area contributed by atoms with Gasteiger partial charge in [0.2, 0.25) is 0 Å². The Morgan fingerprint density at radius 1 is 1.24 bits per heavy atom. The smallest absolute Gasteiger partial charge is 0.137 e. The summed E-state index contributed by atoms with van der Waals surface area (Å²) in [7, 11) is 0. The second kappa shape index (κ2) is 7.10. The maximum Gasteiger partial charge on any atom is 0.137 e. The number of piperidine rings is 1. The first kappa shape index (κ1) is 16.1. The number of hydrogen-bond donors (Lipinski definition) is 1. The quantitative estimate of drug-likeness (QED) is 0.895. The van der Waals surface area contributed by atoms with Crippen LogP contribution in [0.4, 0.5) is 11.6 Å². The molecule has 4 heteroatoms. The molecule has 0 aromatic carbocycles. The molecule has 1 aliphatic rings. The van der Waals surface area contributed by atoms with E-state index < -0.39 is 0 Å². The fourth-order valence-corrected chi connectivity index (χ4v) is 3.13. The van der Waals surface area contributed by atoms with Crippen LogP contribution in [-0.2, 0) is 6.42 Å². The Hall–Kier alpha value is -1.32. The molecule has 0 radical (unpaired) electrons. The molecule has 0 saturated carbocycles. The summed E-state index contributed by atoms with van der Waals surface area (Å²) < 4.78 is 0. The van der Waals surface area contributed by atoms with Gasteiger partial charge < -0.3 is 10.2 Å². The average molecular weight is 290 g/mol. The van der Waals surface area contributed by atoms with Crippen molar-refractivity contribution in [3.63, 3.8) is 0 Å². The Labute approximate surface area is 129 Å². The van der Waals surface area contributed by atoms with E-state index in [-0.39, 0.29) is 0 Å². The predicted octanol–water partition coefficient (Wildman–Crippen LogP) is 3.79. The van der Waals surface area contributed by atoms with Gasteiger partial charge in [-0.3, -0.25) is 0 Å². The summed E-state index contributed by atoms with van der Waals surface area (Å²) in [4.78, 5) is 12.0. The number of hydrogen-bond acceptors (Lipinski definition) is 4. The first-order chi connectivity index (χ1) is 10.1.